The van der Waals surface area contributed by atoms with Gasteiger partial charge in [-0.1, -0.05) is 20.8 Å². The zero-order chi connectivity index (χ0) is 32.7. The van der Waals surface area contributed by atoms with Crippen LogP contribution in [0.1, 0.15) is 76.8 Å². The summed E-state index contributed by atoms with van der Waals surface area (Å²) in [5.41, 5.74) is 3.54. The zero-order valence-electron chi connectivity index (χ0n) is 25.9. The quantitative estimate of drug-likeness (QED) is 0.174. The molecule has 5 fully saturated rings. The number of aliphatic hydroxyl groups is 3. The molecule has 2 spiro atoms. The summed E-state index contributed by atoms with van der Waals surface area (Å²) in [6.45, 7) is 6.65. The molecule has 0 bridgehead atoms. The van der Waals surface area contributed by atoms with Gasteiger partial charge in [0.2, 0.25) is 0 Å². The largest absolute Gasteiger partial charge is 0.481 e. The van der Waals surface area contributed by atoms with Crippen molar-refractivity contribution in [2.75, 3.05) is 19.8 Å². The molecule has 1 aromatic rings. The van der Waals surface area contributed by atoms with E-state index in [9.17, 15) is 14.4 Å². The lowest BCUT2D eigenvalue weighted by Crippen LogP contribution is -2.69. The number of carboxylic acids is 1. The van der Waals surface area contributed by atoms with E-state index in [1.165, 1.54) is 6.92 Å². The number of ether oxygens (including phenoxy) is 5. The van der Waals surface area contributed by atoms with Crippen molar-refractivity contribution < 1.29 is 62.9 Å². The topological polar surface area (TPSA) is 227 Å². The Kier molecular flexibility index (Phi) is 7.71. The summed E-state index contributed by atoms with van der Waals surface area (Å²) >= 11 is 0. The Morgan fingerprint density at radius 3 is 2.36 bits per heavy atom. The predicted molar refractivity (Wildman–Crippen MR) is 151 cm³/mol. The highest BCUT2D eigenvalue weighted by atomic mass is 16.8. The van der Waals surface area contributed by atoms with E-state index < -0.39 is 60.2 Å². The molecule has 14 heteroatoms. The van der Waals surface area contributed by atoms with Crippen molar-refractivity contribution in [2.45, 2.75) is 119 Å². The van der Waals surface area contributed by atoms with Gasteiger partial charge in [-0.05, 0) is 37.5 Å². The molecule has 6 N–H and O–H groups in total. The number of esters is 2. The van der Waals surface area contributed by atoms with Gasteiger partial charge in [-0.3, -0.25) is 14.4 Å². The molecule has 0 amide bonds. The molecule has 3 aliphatic heterocycles. The van der Waals surface area contributed by atoms with Gasteiger partial charge in [0.25, 0.3) is 5.95 Å². The van der Waals surface area contributed by atoms with Gasteiger partial charge in [0, 0.05) is 36.3 Å². The molecule has 0 aromatic carbocycles. The number of nitrogens with two attached hydrogens (primary N) is 1. The molecule has 1 aromatic heterocycles. The number of fused-ring (bicyclic) bond motifs is 5. The first kappa shape index (κ1) is 32.4. The lowest BCUT2D eigenvalue weighted by Gasteiger charge is -2.53. The van der Waals surface area contributed by atoms with Crippen LogP contribution in [0.4, 0.5) is 0 Å². The van der Waals surface area contributed by atoms with E-state index in [1.54, 1.807) is 6.26 Å². The van der Waals surface area contributed by atoms with Crippen LogP contribution in [0, 0.1) is 11.3 Å². The van der Waals surface area contributed by atoms with E-state index in [2.05, 4.69) is 20.8 Å². The average Bonchev–Trinajstić information content (AvgIpc) is 3.91. The van der Waals surface area contributed by atoms with Crippen LogP contribution in [0.2, 0.25) is 0 Å². The first-order chi connectivity index (χ1) is 21.2. The summed E-state index contributed by atoms with van der Waals surface area (Å²) in [6.07, 6.45) is 2.97. The van der Waals surface area contributed by atoms with Crippen molar-refractivity contribution in [3.63, 3.8) is 0 Å². The number of aliphatic hydroxyl groups excluding tert-OH is 3. The number of furan rings is 1. The van der Waals surface area contributed by atoms with E-state index >= 15 is 0 Å². The minimum Gasteiger partial charge on any atom is -0.481 e. The monoisotopic (exact) mass is 637 g/mol. The maximum atomic E-state index is 12.3. The second kappa shape index (κ2) is 10.7. The first-order valence-corrected chi connectivity index (χ1v) is 15.6. The molecule has 3 saturated heterocycles. The van der Waals surface area contributed by atoms with Gasteiger partial charge in [0.05, 0.1) is 37.7 Å². The maximum absolute atomic E-state index is 12.3. The van der Waals surface area contributed by atoms with E-state index in [4.69, 9.17) is 54.3 Å². The number of rotatable bonds is 10. The molecule has 4 heterocycles. The second-order valence-corrected chi connectivity index (χ2v) is 13.9. The summed E-state index contributed by atoms with van der Waals surface area (Å²) in [4.78, 5) is 35.3. The Labute approximate surface area is 260 Å². The van der Waals surface area contributed by atoms with Crippen LogP contribution in [-0.2, 0) is 39.8 Å². The van der Waals surface area contributed by atoms with Crippen molar-refractivity contribution in [2.24, 2.45) is 17.1 Å². The first-order valence-electron chi connectivity index (χ1n) is 15.6. The maximum Gasteiger partial charge on any atom is 0.313 e. The standard InChI is InChI=1S/C27H32O10.C4H11NO3/c1-12(2)25-20(36-25)21-27(37-21)24(4)9-8-14-15(11-32-22(14)34-19(31)7-5-6-18(29)30)16(24)10-17-26(27,35-17)23(25)33-13(3)28;5-4(1-6,2-7)3-8/h11-12,16-17,20-21,23H,5-10H2,1-4H3,(H,29,30);6-8H,1-3,5H2/t16?,17-,20-,21-,23+,24-,25-,26+,27+;/m0./s1. The van der Waals surface area contributed by atoms with Crippen molar-refractivity contribution in [1.82, 2.24) is 0 Å². The molecule has 14 nitrogen and oxygen atoms in total. The van der Waals surface area contributed by atoms with Gasteiger partial charge in [-0.25, -0.2) is 0 Å². The molecule has 0 radical (unpaired) electrons. The smallest absolute Gasteiger partial charge is 0.313 e. The van der Waals surface area contributed by atoms with E-state index in [-0.39, 0.29) is 66.7 Å². The Hall–Kier alpha value is -2.59. The van der Waals surface area contributed by atoms with Crippen LogP contribution >= 0.6 is 0 Å². The molecule has 9 atom stereocenters. The summed E-state index contributed by atoms with van der Waals surface area (Å²) < 4.78 is 36.9. The SMILES string of the molecule is CC(=O)O[C@@H]1[C@@]2(C(C)C)O[C@H]2[C@@H]2O[C@]23[C@]12O[C@H]2CC1c2coc(OC(=O)CCCC(=O)O)c2CC[C@@]13C.NC(CO)(CO)CO. The van der Waals surface area contributed by atoms with Crippen LogP contribution in [0.5, 0.6) is 5.95 Å². The zero-order valence-corrected chi connectivity index (χ0v) is 25.9. The number of carbonyl (C=O) groups excluding carboxylic acids is 2. The normalized spacial score (nSPS) is 39.4. The number of hydrogen-bond acceptors (Lipinski definition) is 13. The van der Waals surface area contributed by atoms with Crippen LogP contribution in [0.15, 0.2) is 10.7 Å². The number of hydrogen-bond donors (Lipinski definition) is 5. The Morgan fingerprint density at radius 1 is 1.09 bits per heavy atom. The average molecular weight is 638 g/mol. The summed E-state index contributed by atoms with van der Waals surface area (Å²) in [5.74, 6) is -1.42. The lowest BCUT2D eigenvalue weighted by atomic mass is 9.47. The number of aliphatic carboxylic acids is 1. The molecule has 7 rings (SSSR count). The number of carboxylic acid groups (broad SMARTS) is 1. The molecular formula is C31H43NO13. The summed E-state index contributed by atoms with van der Waals surface area (Å²) in [7, 11) is 0. The lowest BCUT2D eigenvalue weighted by molar-refractivity contribution is -0.166. The summed E-state index contributed by atoms with van der Waals surface area (Å²) in [6, 6.07) is 0. The molecular weight excluding hydrogens is 594 g/mol. The molecule has 45 heavy (non-hydrogen) atoms. The molecule has 6 aliphatic rings. The molecule has 3 aliphatic carbocycles. The predicted octanol–water partition coefficient (Wildman–Crippen LogP) is 0.555. The van der Waals surface area contributed by atoms with Crippen LogP contribution < -0.4 is 10.5 Å². The van der Waals surface area contributed by atoms with Crippen molar-refractivity contribution in [3.05, 3.63) is 17.4 Å². The molecule has 1 unspecified atom stereocenters. The van der Waals surface area contributed by atoms with E-state index in [0.29, 0.717) is 12.8 Å². The van der Waals surface area contributed by atoms with Gasteiger partial charge in [-0.2, -0.15) is 0 Å². The number of carbonyl (C=O) groups is 3. The van der Waals surface area contributed by atoms with Gasteiger partial charge >= 0.3 is 17.9 Å². The fourth-order valence-electron chi connectivity index (χ4n) is 8.62. The van der Waals surface area contributed by atoms with Crippen molar-refractivity contribution in [1.29, 1.82) is 0 Å². The van der Waals surface area contributed by atoms with Crippen molar-refractivity contribution >= 4 is 17.9 Å². The molecule has 250 valence electrons. The van der Waals surface area contributed by atoms with Crippen LogP contribution in [0.25, 0.3) is 0 Å². The van der Waals surface area contributed by atoms with Crippen LogP contribution in [-0.4, -0.2) is 105 Å². The van der Waals surface area contributed by atoms with E-state index in [1.807, 2.05) is 0 Å². The third-order valence-electron chi connectivity index (χ3n) is 11.1. The Morgan fingerprint density at radius 2 is 1.78 bits per heavy atom. The third kappa shape index (κ3) is 4.44. The number of epoxide rings is 3. The highest BCUT2D eigenvalue weighted by Gasteiger charge is 3.01. The summed E-state index contributed by atoms with van der Waals surface area (Å²) in [5, 5.41) is 33.8. The minimum atomic E-state index is -1.21. The fourth-order valence-corrected chi connectivity index (χ4v) is 8.62. The van der Waals surface area contributed by atoms with Crippen LogP contribution in [0.3, 0.4) is 0 Å². The Bertz CT molecular complexity index is 1360. The molecule has 2 saturated carbocycles. The highest BCUT2D eigenvalue weighted by Crippen LogP contribution is 2.83. The minimum absolute atomic E-state index is 0.0104. The van der Waals surface area contributed by atoms with Crippen molar-refractivity contribution in [3.8, 4) is 5.95 Å². The third-order valence-corrected chi connectivity index (χ3v) is 11.1. The van der Waals surface area contributed by atoms with Gasteiger partial charge in [0.1, 0.15) is 23.4 Å². The van der Waals surface area contributed by atoms with Gasteiger partial charge in [0.15, 0.2) is 11.7 Å². The Balaban J connectivity index is 0.000000397. The second-order valence-electron chi connectivity index (χ2n) is 13.9. The highest BCUT2D eigenvalue weighted by molar-refractivity contribution is 5.73. The van der Waals surface area contributed by atoms with Gasteiger partial charge in [-0.15, -0.1) is 0 Å². The fraction of sp³-hybridized carbons (Fsp3) is 0.774. The van der Waals surface area contributed by atoms with E-state index in [0.717, 1.165) is 17.5 Å². The van der Waals surface area contributed by atoms with Gasteiger partial charge < -0.3 is 54.3 Å².